The molecule has 2 rings (SSSR count). The van der Waals surface area contributed by atoms with Gasteiger partial charge in [0.25, 0.3) is 0 Å². The van der Waals surface area contributed by atoms with Crippen LogP contribution < -0.4 is 5.32 Å². The van der Waals surface area contributed by atoms with Crippen molar-refractivity contribution in [3.63, 3.8) is 0 Å². The topological polar surface area (TPSA) is 24.9 Å². The zero-order valence-electron chi connectivity index (χ0n) is 9.67. The molecule has 2 aromatic rings. The fourth-order valence-electron chi connectivity index (χ4n) is 1.57. The molecule has 0 spiro atoms. The smallest absolute Gasteiger partial charge is 0.145 e. The van der Waals surface area contributed by atoms with Crippen molar-refractivity contribution in [3.05, 3.63) is 44.8 Å². The Morgan fingerprint density at radius 1 is 1.17 bits per heavy atom. The van der Waals surface area contributed by atoms with Crippen molar-refractivity contribution in [2.75, 3.05) is 11.9 Å². The van der Waals surface area contributed by atoms with Crippen molar-refractivity contribution in [1.82, 2.24) is 4.98 Å². The molecule has 0 bridgehead atoms. The molecule has 1 N–H and O–H groups in total. The van der Waals surface area contributed by atoms with E-state index in [1.807, 2.05) is 31.2 Å². The van der Waals surface area contributed by atoms with Crippen molar-refractivity contribution in [1.29, 1.82) is 0 Å². The number of anilines is 1. The number of pyridine rings is 1. The Balaban J connectivity index is 2.49. The van der Waals surface area contributed by atoms with E-state index in [9.17, 15) is 0 Å². The second-order valence-electron chi connectivity index (χ2n) is 3.69. The van der Waals surface area contributed by atoms with Gasteiger partial charge in [-0.05, 0) is 25.1 Å². The van der Waals surface area contributed by atoms with E-state index in [0.717, 1.165) is 22.3 Å². The van der Waals surface area contributed by atoms with Gasteiger partial charge in [-0.25, -0.2) is 4.98 Å². The highest BCUT2D eigenvalue weighted by atomic mass is 79.9. The van der Waals surface area contributed by atoms with E-state index in [0.29, 0.717) is 15.9 Å². The number of benzene rings is 1. The lowest BCUT2D eigenvalue weighted by atomic mass is 10.1. The highest BCUT2D eigenvalue weighted by Gasteiger charge is 2.10. The number of halogens is 3. The lowest BCUT2D eigenvalue weighted by molar-refractivity contribution is 1.16. The van der Waals surface area contributed by atoms with E-state index < -0.39 is 0 Å². The number of aromatic nitrogens is 1. The van der Waals surface area contributed by atoms with Gasteiger partial charge in [-0.1, -0.05) is 51.3 Å². The maximum absolute atomic E-state index is 6.19. The first kappa shape index (κ1) is 13.7. The van der Waals surface area contributed by atoms with Crippen molar-refractivity contribution in [3.8, 4) is 11.3 Å². The Bertz CT molecular complexity index is 556. The molecule has 94 valence electrons. The van der Waals surface area contributed by atoms with E-state index in [1.54, 1.807) is 6.07 Å². The van der Waals surface area contributed by atoms with E-state index in [1.165, 1.54) is 0 Å². The SMILES string of the molecule is CCNc1nc(-c2ccc(Br)cc2)c(Cl)cc1Cl. The van der Waals surface area contributed by atoms with Gasteiger partial charge in [0.2, 0.25) is 0 Å². The fraction of sp³-hybridized carbons (Fsp3) is 0.154. The van der Waals surface area contributed by atoms with Crippen LogP contribution in [0.2, 0.25) is 10.0 Å². The van der Waals surface area contributed by atoms with Gasteiger partial charge in [0.1, 0.15) is 5.82 Å². The summed E-state index contributed by atoms with van der Waals surface area (Å²) in [4.78, 5) is 4.47. The molecule has 1 aromatic heterocycles. The number of rotatable bonds is 3. The first-order valence-electron chi connectivity index (χ1n) is 5.47. The minimum absolute atomic E-state index is 0.530. The van der Waals surface area contributed by atoms with Crippen LogP contribution in [0.4, 0.5) is 5.82 Å². The largest absolute Gasteiger partial charge is 0.369 e. The molecule has 0 aliphatic heterocycles. The van der Waals surface area contributed by atoms with Crippen LogP contribution in [0.3, 0.4) is 0 Å². The van der Waals surface area contributed by atoms with Gasteiger partial charge in [-0.15, -0.1) is 0 Å². The van der Waals surface area contributed by atoms with E-state index in [2.05, 4.69) is 26.2 Å². The van der Waals surface area contributed by atoms with Gasteiger partial charge in [0, 0.05) is 16.6 Å². The van der Waals surface area contributed by atoms with Crippen LogP contribution in [0.1, 0.15) is 6.92 Å². The van der Waals surface area contributed by atoms with Crippen LogP contribution in [-0.4, -0.2) is 11.5 Å². The van der Waals surface area contributed by atoms with Crippen LogP contribution >= 0.6 is 39.1 Å². The average Bonchev–Trinajstić information content (AvgIpc) is 2.34. The first-order valence-corrected chi connectivity index (χ1v) is 7.02. The second-order valence-corrected chi connectivity index (χ2v) is 5.42. The molecule has 0 saturated carbocycles. The van der Waals surface area contributed by atoms with Gasteiger partial charge >= 0.3 is 0 Å². The van der Waals surface area contributed by atoms with Crippen molar-refractivity contribution in [2.45, 2.75) is 6.92 Å². The molecular formula is C13H11BrCl2N2. The van der Waals surface area contributed by atoms with Crippen LogP contribution in [0.25, 0.3) is 11.3 Å². The summed E-state index contributed by atoms with van der Waals surface area (Å²) in [6.45, 7) is 2.75. The molecular weight excluding hydrogens is 335 g/mol. The zero-order chi connectivity index (χ0) is 13.1. The van der Waals surface area contributed by atoms with Crippen LogP contribution in [0.5, 0.6) is 0 Å². The number of nitrogens with zero attached hydrogens (tertiary/aromatic N) is 1. The van der Waals surface area contributed by atoms with Crippen molar-refractivity contribution >= 4 is 44.9 Å². The molecule has 0 saturated heterocycles. The van der Waals surface area contributed by atoms with E-state index in [-0.39, 0.29) is 0 Å². The quantitative estimate of drug-likeness (QED) is 0.821. The Hall–Kier alpha value is -0.770. The summed E-state index contributed by atoms with van der Waals surface area (Å²) >= 11 is 15.7. The summed E-state index contributed by atoms with van der Waals surface area (Å²) in [7, 11) is 0. The monoisotopic (exact) mass is 344 g/mol. The summed E-state index contributed by atoms with van der Waals surface area (Å²) in [6.07, 6.45) is 0. The molecule has 1 heterocycles. The fourth-order valence-corrected chi connectivity index (χ4v) is 2.37. The standard InChI is InChI=1S/C13H11BrCl2N2/c1-2-17-13-11(16)7-10(15)12(18-13)8-3-5-9(14)6-4-8/h3-7H,2H2,1H3,(H,17,18). The predicted molar refractivity (Wildman–Crippen MR) is 81.6 cm³/mol. The van der Waals surface area contributed by atoms with Crippen LogP contribution in [0, 0.1) is 0 Å². The third kappa shape index (κ3) is 2.97. The van der Waals surface area contributed by atoms with Crippen molar-refractivity contribution in [2.24, 2.45) is 0 Å². The molecule has 18 heavy (non-hydrogen) atoms. The van der Waals surface area contributed by atoms with E-state index in [4.69, 9.17) is 23.2 Å². The first-order chi connectivity index (χ1) is 8.61. The lowest BCUT2D eigenvalue weighted by Crippen LogP contribution is -2.01. The van der Waals surface area contributed by atoms with Gasteiger partial charge in [0.05, 0.1) is 15.7 Å². The summed E-state index contributed by atoms with van der Waals surface area (Å²) in [5.41, 5.74) is 1.68. The number of nitrogens with one attached hydrogen (secondary N) is 1. The van der Waals surface area contributed by atoms with Gasteiger partial charge in [-0.2, -0.15) is 0 Å². The second kappa shape index (κ2) is 5.91. The van der Waals surface area contributed by atoms with Crippen LogP contribution in [0.15, 0.2) is 34.8 Å². The molecule has 0 atom stereocenters. The molecule has 0 amide bonds. The minimum atomic E-state index is 0.530. The Kier molecular flexibility index (Phi) is 4.49. The van der Waals surface area contributed by atoms with Gasteiger partial charge in [0.15, 0.2) is 0 Å². The molecule has 5 heteroatoms. The Labute approximate surface area is 124 Å². The summed E-state index contributed by atoms with van der Waals surface area (Å²) in [5.74, 6) is 0.654. The van der Waals surface area contributed by atoms with Crippen LogP contribution in [-0.2, 0) is 0 Å². The maximum atomic E-state index is 6.19. The zero-order valence-corrected chi connectivity index (χ0v) is 12.8. The lowest BCUT2D eigenvalue weighted by Gasteiger charge is -2.10. The normalized spacial score (nSPS) is 10.4. The number of hydrogen-bond acceptors (Lipinski definition) is 2. The number of hydrogen-bond donors (Lipinski definition) is 1. The summed E-state index contributed by atoms with van der Waals surface area (Å²) in [6, 6.07) is 9.54. The maximum Gasteiger partial charge on any atom is 0.145 e. The third-order valence-electron chi connectivity index (χ3n) is 2.39. The Morgan fingerprint density at radius 3 is 2.44 bits per heavy atom. The molecule has 0 unspecified atom stereocenters. The molecule has 0 aliphatic rings. The predicted octanol–water partition coefficient (Wildman–Crippen LogP) is 5.25. The van der Waals surface area contributed by atoms with E-state index >= 15 is 0 Å². The molecule has 0 fully saturated rings. The molecule has 2 nitrogen and oxygen atoms in total. The third-order valence-corrected chi connectivity index (χ3v) is 3.50. The van der Waals surface area contributed by atoms with Gasteiger partial charge < -0.3 is 5.32 Å². The molecule has 0 aliphatic carbocycles. The summed E-state index contributed by atoms with van der Waals surface area (Å²) in [5, 5.41) is 4.19. The highest BCUT2D eigenvalue weighted by molar-refractivity contribution is 9.10. The highest BCUT2D eigenvalue weighted by Crippen LogP contribution is 2.32. The van der Waals surface area contributed by atoms with Crippen molar-refractivity contribution < 1.29 is 0 Å². The average molecular weight is 346 g/mol. The molecule has 1 aromatic carbocycles. The Morgan fingerprint density at radius 2 is 1.83 bits per heavy atom. The summed E-state index contributed by atoms with van der Waals surface area (Å²) < 4.78 is 1.02. The minimum Gasteiger partial charge on any atom is -0.369 e. The van der Waals surface area contributed by atoms with Gasteiger partial charge in [-0.3, -0.25) is 0 Å². The molecule has 0 radical (unpaired) electrons.